The average Bonchev–Trinajstić information content (AvgIpc) is 3.49. The van der Waals surface area contributed by atoms with Gasteiger partial charge in [-0.2, -0.15) is 0 Å². The third-order valence-corrected chi connectivity index (χ3v) is 6.08. The van der Waals surface area contributed by atoms with E-state index in [4.69, 9.17) is 0 Å². The van der Waals surface area contributed by atoms with Crippen LogP contribution in [0.25, 0.3) is 0 Å². The fourth-order valence-electron chi connectivity index (χ4n) is 3.24. The lowest BCUT2D eigenvalue weighted by Gasteiger charge is -2.17. The Kier molecular flexibility index (Phi) is 7.80. The maximum Gasteiger partial charge on any atom is 0.243 e. The van der Waals surface area contributed by atoms with Crippen LogP contribution in [0.15, 0.2) is 40.2 Å². The van der Waals surface area contributed by atoms with E-state index in [1.165, 1.54) is 9.80 Å². The van der Waals surface area contributed by atoms with Gasteiger partial charge in [-0.1, -0.05) is 18.2 Å². The van der Waals surface area contributed by atoms with Gasteiger partial charge in [0.2, 0.25) is 11.8 Å². The normalized spacial score (nSPS) is 19.4. The highest BCUT2D eigenvalue weighted by Crippen LogP contribution is 2.32. The third kappa shape index (κ3) is 6.96. The quantitative estimate of drug-likeness (QED) is 0.275. The van der Waals surface area contributed by atoms with Crippen molar-refractivity contribution in [2.24, 2.45) is 10.9 Å². The van der Waals surface area contributed by atoms with Crippen LogP contribution in [-0.4, -0.2) is 79.6 Å². The standard InChI is InChI=1S/C21H31N5O2S/c1-25(2)20(28)14-24-21(22-10-11-29-18-6-4-3-5-7-18)23-13-16-12-19(27)26(15-16)17-8-9-17/h3-7,16-17H,8-15H2,1-2H3,(H2,22,23,24). The Balaban J connectivity index is 1.46. The van der Waals surface area contributed by atoms with Crippen molar-refractivity contribution in [3.63, 3.8) is 0 Å². The lowest BCUT2D eigenvalue weighted by atomic mass is 10.1. The van der Waals surface area contributed by atoms with Gasteiger partial charge in [-0.05, 0) is 25.0 Å². The molecule has 1 aromatic rings. The van der Waals surface area contributed by atoms with Gasteiger partial charge in [0.25, 0.3) is 0 Å². The maximum absolute atomic E-state index is 12.1. The fourth-order valence-corrected chi connectivity index (χ4v) is 4.03. The molecule has 2 amide bonds. The molecule has 0 bridgehead atoms. The van der Waals surface area contributed by atoms with Gasteiger partial charge in [0, 0.05) is 62.8 Å². The molecule has 1 unspecified atom stereocenters. The number of benzene rings is 1. The number of carbonyl (C=O) groups excluding carboxylic acids is 2. The lowest BCUT2D eigenvalue weighted by Crippen LogP contribution is -2.42. The number of thioether (sulfide) groups is 1. The van der Waals surface area contributed by atoms with E-state index in [0.29, 0.717) is 30.9 Å². The molecule has 2 aliphatic rings. The zero-order valence-electron chi connectivity index (χ0n) is 17.3. The Bertz CT molecular complexity index is 721. The highest BCUT2D eigenvalue weighted by atomic mass is 32.2. The van der Waals surface area contributed by atoms with Gasteiger partial charge in [-0.15, -0.1) is 11.8 Å². The van der Waals surface area contributed by atoms with Crippen molar-refractivity contribution in [3.8, 4) is 0 Å². The number of nitrogens with one attached hydrogen (secondary N) is 2. The Morgan fingerprint density at radius 2 is 2.00 bits per heavy atom. The zero-order chi connectivity index (χ0) is 20.6. The van der Waals surface area contributed by atoms with Gasteiger partial charge < -0.3 is 20.4 Å². The lowest BCUT2D eigenvalue weighted by molar-refractivity contribution is -0.128. The first-order valence-electron chi connectivity index (χ1n) is 10.2. The summed E-state index contributed by atoms with van der Waals surface area (Å²) in [4.78, 5) is 33.3. The molecule has 1 atom stereocenters. The monoisotopic (exact) mass is 417 g/mol. The average molecular weight is 418 g/mol. The highest BCUT2D eigenvalue weighted by molar-refractivity contribution is 7.99. The molecule has 8 heteroatoms. The summed E-state index contributed by atoms with van der Waals surface area (Å²) in [6, 6.07) is 10.7. The molecule has 1 aromatic carbocycles. The van der Waals surface area contributed by atoms with Crippen LogP contribution in [0.1, 0.15) is 19.3 Å². The van der Waals surface area contributed by atoms with E-state index in [2.05, 4.69) is 27.8 Å². The first kappa shape index (κ1) is 21.5. The number of carbonyl (C=O) groups is 2. The van der Waals surface area contributed by atoms with Crippen molar-refractivity contribution in [2.45, 2.75) is 30.2 Å². The van der Waals surface area contributed by atoms with Crippen LogP contribution >= 0.6 is 11.8 Å². The molecule has 1 aliphatic heterocycles. The number of nitrogens with zero attached hydrogens (tertiary/aromatic N) is 3. The SMILES string of the molecule is CN(C)C(=O)CN=C(NCCSc1ccccc1)NCC1CC(=O)N(C2CC2)C1. The molecular weight excluding hydrogens is 386 g/mol. The number of guanidine groups is 1. The van der Waals surface area contributed by atoms with Crippen molar-refractivity contribution < 1.29 is 9.59 Å². The van der Waals surface area contributed by atoms with Gasteiger partial charge in [-0.25, -0.2) is 4.99 Å². The molecule has 158 valence electrons. The first-order valence-corrected chi connectivity index (χ1v) is 11.2. The summed E-state index contributed by atoms with van der Waals surface area (Å²) >= 11 is 1.77. The predicted octanol–water partition coefficient (Wildman–Crippen LogP) is 1.41. The molecule has 0 spiro atoms. The van der Waals surface area contributed by atoms with Crippen LogP contribution in [0.3, 0.4) is 0 Å². The summed E-state index contributed by atoms with van der Waals surface area (Å²) in [6.07, 6.45) is 2.88. The molecule has 7 nitrogen and oxygen atoms in total. The molecule has 2 fully saturated rings. The minimum Gasteiger partial charge on any atom is -0.356 e. The van der Waals surface area contributed by atoms with Crippen LogP contribution < -0.4 is 10.6 Å². The van der Waals surface area contributed by atoms with E-state index >= 15 is 0 Å². The number of aliphatic imine (C=N–C) groups is 1. The van der Waals surface area contributed by atoms with Crippen molar-refractivity contribution in [1.82, 2.24) is 20.4 Å². The molecule has 1 saturated carbocycles. The van der Waals surface area contributed by atoms with E-state index in [-0.39, 0.29) is 18.4 Å². The van der Waals surface area contributed by atoms with E-state index < -0.39 is 0 Å². The van der Waals surface area contributed by atoms with Crippen LogP contribution in [-0.2, 0) is 9.59 Å². The summed E-state index contributed by atoms with van der Waals surface area (Å²) in [5.74, 6) is 2.04. The zero-order valence-corrected chi connectivity index (χ0v) is 18.1. The Hall–Kier alpha value is -2.22. The van der Waals surface area contributed by atoms with Crippen molar-refractivity contribution in [3.05, 3.63) is 30.3 Å². The topological polar surface area (TPSA) is 77.0 Å². The maximum atomic E-state index is 12.1. The first-order chi connectivity index (χ1) is 14.0. The largest absolute Gasteiger partial charge is 0.356 e. The van der Waals surface area contributed by atoms with Crippen LogP contribution in [0.5, 0.6) is 0 Å². The van der Waals surface area contributed by atoms with Crippen LogP contribution in [0.2, 0.25) is 0 Å². The minimum absolute atomic E-state index is 0.0410. The molecule has 1 saturated heterocycles. The van der Waals surface area contributed by atoms with Crippen LogP contribution in [0, 0.1) is 5.92 Å². The number of hydrogen-bond acceptors (Lipinski definition) is 4. The number of amides is 2. The second-order valence-electron chi connectivity index (χ2n) is 7.77. The van der Waals surface area contributed by atoms with Crippen molar-refractivity contribution in [1.29, 1.82) is 0 Å². The molecule has 1 aliphatic carbocycles. The Labute approximate surface area is 177 Å². The summed E-state index contributed by atoms with van der Waals surface area (Å²) in [7, 11) is 3.46. The van der Waals surface area contributed by atoms with E-state index in [1.807, 2.05) is 23.1 Å². The Morgan fingerprint density at radius 3 is 2.69 bits per heavy atom. The van der Waals surface area contributed by atoms with E-state index in [9.17, 15) is 9.59 Å². The predicted molar refractivity (Wildman–Crippen MR) is 117 cm³/mol. The van der Waals surface area contributed by atoms with Gasteiger partial charge in [-0.3, -0.25) is 9.59 Å². The molecular formula is C21H31N5O2S. The van der Waals surface area contributed by atoms with Crippen LogP contribution in [0.4, 0.5) is 0 Å². The van der Waals surface area contributed by atoms with Crippen molar-refractivity contribution >= 4 is 29.5 Å². The van der Waals surface area contributed by atoms with Gasteiger partial charge >= 0.3 is 0 Å². The van der Waals surface area contributed by atoms with Crippen molar-refractivity contribution in [2.75, 3.05) is 46.0 Å². The number of rotatable bonds is 9. The molecule has 0 aromatic heterocycles. The highest BCUT2D eigenvalue weighted by Gasteiger charge is 2.39. The summed E-state index contributed by atoms with van der Waals surface area (Å²) in [5, 5.41) is 6.65. The Morgan fingerprint density at radius 1 is 1.24 bits per heavy atom. The summed E-state index contributed by atoms with van der Waals surface area (Å²) < 4.78 is 0. The van der Waals surface area contributed by atoms with Gasteiger partial charge in [0.1, 0.15) is 6.54 Å². The summed E-state index contributed by atoms with van der Waals surface area (Å²) in [6.45, 7) is 2.35. The number of hydrogen-bond donors (Lipinski definition) is 2. The second kappa shape index (κ2) is 10.5. The third-order valence-electron chi connectivity index (χ3n) is 5.06. The molecule has 0 radical (unpaired) electrons. The molecule has 29 heavy (non-hydrogen) atoms. The molecule has 3 rings (SSSR count). The smallest absolute Gasteiger partial charge is 0.243 e. The second-order valence-corrected chi connectivity index (χ2v) is 8.94. The minimum atomic E-state index is -0.0410. The number of likely N-dealkylation sites (tertiary alicyclic amines) is 1. The van der Waals surface area contributed by atoms with E-state index in [1.54, 1.807) is 25.9 Å². The molecule has 2 N–H and O–H groups in total. The number of likely N-dealkylation sites (N-methyl/N-ethyl adjacent to an activating group) is 1. The van der Waals surface area contributed by atoms with Gasteiger partial charge in [0.15, 0.2) is 5.96 Å². The van der Waals surface area contributed by atoms with Gasteiger partial charge in [0.05, 0.1) is 0 Å². The fraction of sp³-hybridized carbons (Fsp3) is 0.571. The molecule has 1 heterocycles. The summed E-state index contributed by atoms with van der Waals surface area (Å²) in [5.41, 5.74) is 0. The van der Waals surface area contributed by atoms with E-state index in [0.717, 1.165) is 31.7 Å².